The summed E-state index contributed by atoms with van der Waals surface area (Å²) in [4.78, 5) is 0. The van der Waals surface area contributed by atoms with E-state index in [2.05, 4.69) is 0 Å². The van der Waals surface area contributed by atoms with E-state index in [0.29, 0.717) is 0 Å². The average Bonchev–Trinajstić information content (AvgIpc) is 0. The summed E-state index contributed by atoms with van der Waals surface area (Å²) in [6.45, 7) is 0. The van der Waals surface area contributed by atoms with Crippen LogP contribution < -0.4 is 0 Å². The van der Waals surface area contributed by atoms with Crippen LogP contribution in [0.1, 0.15) is 0 Å². The van der Waals surface area contributed by atoms with Crippen LogP contribution in [0, 0.1) is 0 Å². The van der Waals surface area contributed by atoms with Crippen molar-refractivity contribution in [1.29, 1.82) is 0 Å². The van der Waals surface area contributed by atoms with Gasteiger partial charge in [-0.15, -0.1) is 0 Å². The molecular formula is NbO3V-. The predicted octanol–water partition coefficient (Wildman–Crippen LogP) is -0.361. The van der Waals surface area contributed by atoms with Gasteiger partial charge in [0, 0.05) is 18.6 Å². The Hall–Kier alpha value is 1.20. The molecule has 0 saturated carbocycles. The molecule has 0 unspecified atom stereocenters. The Bertz CT molecular complexity index is 6.85. The van der Waals surface area contributed by atoms with Crippen molar-refractivity contribution in [3.63, 3.8) is 0 Å². The standard InChI is InChI=1S/Nb.3O.V/q+5;3*-2;. The molecule has 0 aliphatic heterocycles. The Balaban J connectivity index is 0. The maximum Gasteiger partial charge on any atom is 5.00 e. The minimum absolute atomic E-state index is 0. The van der Waals surface area contributed by atoms with Crippen molar-refractivity contribution >= 4 is 0 Å². The largest absolute Gasteiger partial charge is 5.00 e. The summed E-state index contributed by atoms with van der Waals surface area (Å²) in [6.07, 6.45) is 0. The zero-order valence-corrected chi connectivity index (χ0v) is 5.71. The van der Waals surface area contributed by atoms with E-state index >= 15 is 0 Å². The number of hydrogen-bond acceptors (Lipinski definition) is 0. The Morgan fingerprint density at radius 1 is 0.600 bits per heavy atom. The van der Waals surface area contributed by atoms with Gasteiger partial charge in [0.2, 0.25) is 0 Å². The van der Waals surface area contributed by atoms with Crippen LogP contribution in [-0.2, 0) is 57.4 Å². The van der Waals surface area contributed by atoms with Crippen LogP contribution in [0.5, 0.6) is 0 Å². The third-order valence-corrected chi connectivity index (χ3v) is 0. The molecule has 0 bridgehead atoms. The van der Waals surface area contributed by atoms with Gasteiger partial charge in [0.05, 0.1) is 0 Å². The summed E-state index contributed by atoms with van der Waals surface area (Å²) in [5, 5.41) is 0. The van der Waals surface area contributed by atoms with Gasteiger partial charge in [-0.3, -0.25) is 0 Å². The predicted molar refractivity (Wildman–Crippen MR) is 2.06 cm³/mol. The minimum Gasteiger partial charge on any atom is -2.00 e. The van der Waals surface area contributed by atoms with E-state index in [9.17, 15) is 0 Å². The summed E-state index contributed by atoms with van der Waals surface area (Å²) in [7, 11) is 0. The second-order valence-corrected chi connectivity index (χ2v) is 0. The van der Waals surface area contributed by atoms with Crippen molar-refractivity contribution in [1.82, 2.24) is 0 Å². The molecule has 0 saturated heterocycles. The molecule has 0 atom stereocenters. The Kier molecular flexibility index (Phi) is 1470. The average molecular weight is 192 g/mol. The van der Waals surface area contributed by atoms with Crippen molar-refractivity contribution < 1.29 is 57.4 Å². The first-order valence-electron chi connectivity index (χ1n) is 0. The fourth-order valence-electron chi connectivity index (χ4n) is 0. The molecule has 0 amide bonds. The van der Waals surface area contributed by atoms with Gasteiger partial charge in [0.1, 0.15) is 0 Å². The summed E-state index contributed by atoms with van der Waals surface area (Å²) in [6, 6.07) is 0. The van der Waals surface area contributed by atoms with Crippen LogP contribution in [0.2, 0.25) is 0 Å². The molecule has 1 radical (unpaired) electrons. The van der Waals surface area contributed by atoms with Gasteiger partial charge in [-0.25, -0.2) is 0 Å². The molecule has 0 spiro atoms. The third-order valence-electron chi connectivity index (χ3n) is 0. The smallest absolute Gasteiger partial charge is 2.00 e. The quantitative estimate of drug-likeness (QED) is 0.469. The van der Waals surface area contributed by atoms with Crippen LogP contribution in [0.4, 0.5) is 0 Å². The maximum absolute atomic E-state index is 0. The molecule has 0 fully saturated rings. The van der Waals surface area contributed by atoms with E-state index in [1.807, 2.05) is 0 Å². The fraction of sp³-hybridized carbons (Fsp3) is 0. The first-order valence-corrected chi connectivity index (χ1v) is 0. The van der Waals surface area contributed by atoms with Crippen LogP contribution in [0.15, 0.2) is 0 Å². The van der Waals surface area contributed by atoms with Crippen molar-refractivity contribution in [2.24, 2.45) is 0 Å². The van der Waals surface area contributed by atoms with E-state index in [1.165, 1.54) is 0 Å². The molecule has 3 nitrogen and oxygen atoms in total. The van der Waals surface area contributed by atoms with Crippen molar-refractivity contribution in [2.75, 3.05) is 0 Å². The fourth-order valence-corrected chi connectivity index (χ4v) is 0. The second kappa shape index (κ2) is 63.4. The van der Waals surface area contributed by atoms with Crippen molar-refractivity contribution in [2.45, 2.75) is 0 Å². The van der Waals surface area contributed by atoms with Crippen molar-refractivity contribution in [3.8, 4) is 0 Å². The van der Waals surface area contributed by atoms with Gasteiger partial charge >= 0.3 is 22.4 Å². The zero-order valence-electron chi connectivity index (χ0n) is 2.12. The number of hydrogen-bond donors (Lipinski definition) is 0. The van der Waals surface area contributed by atoms with Gasteiger partial charge in [-0.1, -0.05) is 0 Å². The molecule has 0 aliphatic rings. The SMILES string of the molecule is [Nb+5].[O-2].[O-2].[O-2].[V]. The molecule has 0 rings (SSSR count). The van der Waals surface area contributed by atoms with Crippen LogP contribution in [0.3, 0.4) is 0 Å². The first kappa shape index (κ1) is 116. The van der Waals surface area contributed by atoms with Gasteiger partial charge < -0.3 is 16.4 Å². The molecule has 0 aromatic carbocycles. The van der Waals surface area contributed by atoms with Crippen molar-refractivity contribution in [3.05, 3.63) is 0 Å². The van der Waals surface area contributed by atoms with Gasteiger partial charge in [-0.2, -0.15) is 0 Å². The van der Waals surface area contributed by atoms with Gasteiger partial charge in [-0.05, 0) is 0 Å². The molecule has 0 aromatic heterocycles. The molecule has 29 valence electrons. The molecule has 5 heteroatoms. The Morgan fingerprint density at radius 3 is 0.600 bits per heavy atom. The second-order valence-electron chi connectivity index (χ2n) is 0. The van der Waals surface area contributed by atoms with E-state index in [-0.39, 0.29) is 57.4 Å². The summed E-state index contributed by atoms with van der Waals surface area (Å²) < 4.78 is 0. The molecule has 0 aromatic rings. The molecular weight excluding hydrogens is 192 g/mol. The van der Waals surface area contributed by atoms with Gasteiger partial charge in [0.25, 0.3) is 0 Å². The van der Waals surface area contributed by atoms with Crippen LogP contribution >= 0.6 is 0 Å². The zero-order chi connectivity index (χ0) is 0. The van der Waals surface area contributed by atoms with E-state index in [0.717, 1.165) is 0 Å². The molecule has 0 N–H and O–H groups in total. The van der Waals surface area contributed by atoms with E-state index in [4.69, 9.17) is 0 Å². The van der Waals surface area contributed by atoms with Crippen LogP contribution in [-0.4, -0.2) is 0 Å². The summed E-state index contributed by atoms with van der Waals surface area (Å²) in [5.74, 6) is 0. The molecule has 0 heterocycles. The van der Waals surface area contributed by atoms with E-state index < -0.39 is 0 Å². The number of rotatable bonds is 0. The Labute approximate surface area is 57.5 Å². The molecule has 0 aliphatic carbocycles. The topological polar surface area (TPSA) is 85.5 Å². The monoisotopic (exact) mass is 192 g/mol. The Morgan fingerprint density at radius 2 is 0.600 bits per heavy atom. The summed E-state index contributed by atoms with van der Waals surface area (Å²) in [5.41, 5.74) is 0. The van der Waals surface area contributed by atoms with E-state index in [1.54, 1.807) is 0 Å². The van der Waals surface area contributed by atoms with Gasteiger partial charge in [0.15, 0.2) is 0 Å². The minimum atomic E-state index is 0. The normalized spacial score (nSPS) is 0. The maximum atomic E-state index is 0. The third kappa shape index (κ3) is 36.8. The molecule has 5 heavy (non-hydrogen) atoms. The van der Waals surface area contributed by atoms with Crippen LogP contribution in [0.25, 0.3) is 0 Å². The summed E-state index contributed by atoms with van der Waals surface area (Å²) >= 11 is 0. The first-order chi connectivity index (χ1) is 0.